The van der Waals surface area contributed by atoms with Crippen LogP contribution in [0.2, 0.25) is 0 Å². The van der Waals surface area contributed by atoms with Crippen LogP contribution in [-0.2, 0) is 0 Å². The zero-order chi connectivity index (χ0) is 13.5. The fraction of sp³-hybridized carbons (Fsp3) is 0.533. The number of aromatic nitrogens is 4. The molecule has 0 unspecified atom stereocenters. The number of nitrogens with zero attached hydrogens (tertiary/aromatic N) is 4. The summed E-state index contributed by atoms with van der Waals surface area (Å²) in [6.45, 7) is 2.91. The summed E-state index contributed by atoms with van der Waals surface area (Å²) in [6.07, 6.45) is 5.12. The largest absolute Gasteiger partial charge is 0.369 e. The third kappa shape index (κ3) is 2.17. The van der Waals surface area contributed by atoms with Gasteiger partial charge >= 0.3 is 0 Å². The Morgan fingerprint density at radius 1 is 1.15 bits per heavy atom. The number of hydrogen-bond donors (Lipinski definition) is 1. The van der Waals surface area contributed by atoms with Gasteiger partial charge in [0.2, 0.25) is 0 Å². The molecule has 0 saturated heterocycles. The third-order valence-electron chi connectivity index (χ3n) is 3.97. The average molecular weight is 269 g/mol. The predicted octanol–water partition coefficient (Wildman–Crippen LogP) is 2.85. The van der Waals surface area contributed by atoms with E-state index in [1.165, 1.54) is 37.1 Å². The molecular weight excluding hydrogens is 250 g/mol. The second-order valence-electron chi connectivity index (χ2n) is 5.76. The fourth-order valence-corrected chi connectivity index (χ4v) is 2.56. The molecule has 5 heteroatoms. The van der Waals surface area contributed by atoms with Crippen LogP contribution in [0.5, 0.6) is 0 Å². The van der Waals surface area contributed by atoms with Crippen LogP contribution in [0, 0.1) is 0 Å². The Morgan fingerprint density at radius 3 is 2.55 bits per heavy atom. The van der Waals surface area contributed by atoms with Gasteiger partial charge in [0.05, 0.1) is 5.69 Å². The highest BCUT2D eigenvalue weighted by Crippen LogP contribution is 2.45. The van der Waals surface area contributed by atoms with Gasteiger partial charge in [0.1, 0.15) is 5.82 Å². The molecule has 2 aromatic heterocycles. The highest BCUT2D eigenvalue weighted by molar-refractivity contribution is 5.38. The van der Waals surface area contributed by atoms with Crippen molar-refractivity contribution in [3.05, 3.63) is 29.6 Å². The van der Waals surface area contributed by atoms with Crippen molar-refractivity contribution < 1.29 is 0 Å². The van der Waals surface area contributed by atoms with Crippen molar-refractivity contribution in [3.63, 3.8) is 0 Å². The molecular formula is C15H19N5. The Kier molecular flexibility index (Phi) is 2.72. The summed E-state index contributed by atoms with van der Waals surface area (Å²) in [5.74, 6) is 3.01. The van der Waals surface area contributed by atoms with Crippen molar-refractivity contribution in [2.75, 3.05) is 11.9 Å². The molecule has 0 amide bonds. The van der Waals surface area contributed by atoms with Crippen LogP contribution in [0.3, 0.4) is 0 Å². The normalized spacial score (nSPS) is 18.2. The molecule has 2 saturated carbocycles. The summed E-state index contributed by atoms with van der Waals surface area (Å²) in [5, 5.41) is 16.5. The highest BCUT2D eigenvalue weighted by atomic mass is 15.4. The summed E-state index contributed by atoms with van der Waals surface area (Å²) >= 11 is 0. The fourth-order valence-electron chi connectivity index (χ4n) is 2.56. The van der Waals surface area contributed by atoms with Crippen LogP contribution in [0.4, 0.5) is 5.82 Å². The Morgan fingerprint density at radius 2 is 1.95 bits per heavy atom. The van der Waals surface area contributed by atoms with Crippen LogP contribution >= 0.6 is 0 Å². The van der Waals surface area contributed by atoms with Gasteiger partial charge in [0, 0.05) is 24.1 Å². The molecule has 0 aromatic carbocycles. The van der Waals surface area contributed by atoms with E-state index in [0.29, 0.717) is 11.8 Å². The molecule has 0 radical (unpaired) electrons. The van der Waals surface area contributed by atoms with Crippen molar-refractivity contribution in [1.29, 1.82) is 0 Å². The smallest absolute Gasteiger partial charge is 0.176 e. The molecule has 2 aromatic rings. The lowest BCUT2D eigenvalue weighted by Crippen LogP contribution is -2.07. The van der Waals surface area contributed by atoms with Crippen LogP contribution in [0.15, 0.2) is 18.2 Å². The first-order valence-electron chi connectivity index (χ1n) is 7.53. The van der Waals surface area contributed by atoms with Gasteiger partial charge in [0.15, 0.2) is 5.82 Å². The van der Waals surface area contributed by atoms with Crippen molar-refractivity contribution in [2.24, 2.45) is 0 Å². The van der Waals surface area contributed by atoms with E-state index in [2.05, 4.69) is 28.5 Å². The molecule has 0 spiro atoms. The lowest BCUT2D eigenvalue weighted by molar-refractivity contribution is 0.749. The van der Waals surface area contributed by atoms with Gasteiger partial charge < -0.3 is 5.32 Å². The van der Waals surface area contributed by atoms with E-state index < -0.39 is 0 Å². The molecule has 0 bridgehead atoms. The maximum atomic E-state index is 4.77. The van der Waals surface area contributed by atoms with Gasteiger partial charge in [-0.15, -0.1) is 10.2 Å². The molecule has 4 rings (SSSR count). The Bertz CT molecular complexity index is 608. The summed E-state index contributed by atoms with van der Waals surface area (Å²) in [7, 11) is 0. The zero-order valence-corrected chi connectivity index (χ0v) is 11.7. The monoisotopic (exact) mass is 269 g/mol. The number of nitrogens with one attached hydrogen (secondary N) is 1. The van der Waals surface area contributed by atoms with Crippen molar-refractivity contribution in [1.82, 2.24) is 20.0 Å². The Hall–Kier alpha value is -1.91. The van der Waals surface area contributed by atoms with Gasteiger partial charge in [-0.25, -0.2) is 4.68 Å². The van der Waals surface area contributed by atoms with Crippen molar-refractivity contribution in [3.8, 4) is 5.82 Å². The third-order valence-corrected chi connectivity index (χ3v) is 3.97. The molecule has 0 aliphatic heterocycles. The van der Waals surface area contributed by atoms with Gasteiger partial charge in [0.25, 0.3) is 0 Å². The van der Waals surface area contributed by atoms with E-state index in [-0.39, 0.29) is 0 Å². The van der Waals surface area contributed by atoms with E-state index in [4.69, 9.17) is 5.10 Å². The average Bonchev–Trinajstić information content (AvgIpc) is 3.38. The summed E-state index contributed by atoms with van der Waals surface area (Å²) in [4.78, 5) is 0. The molecule has 2 fully saturated rings. The van der Waals surface area contributed by atoms with Crippen LogP contribution < -0.4 is 5.32 Å². The Balaban J connectivity index is 1.68. The van der Waals surface area contributed by atoms with Gasteiger partial charge in [-0.2, -0.15) is 5.10 Å². The predicted molar refractivity (Wildman–Crippen MR) is 77.3 cm³/mol. The molecule has 0 atom stereocenters. The van der Waals surface area contributed by atoms with Crippen molar-refractivity contribution >= 4 is 5.82 Å². The highest BCUT2D eigenvalue weighted by Gasteiger charge is 2.33. The van der Waals surface area contributed by atoms with Crippen LogP contribution in [-0.4, -0.2) is 26.5 Å². The molecule has 104 valence electrons. The summed E-state index contributed by atoms with van der Waals surface area (Å²) in [6, 6.07) is 6.26. The minimum atomic E-state index is 0.672. The number of rotatable bonds is 5. The summed E-state index contributed by atoms with van der Waals surface area (Å²) in [5.41, 5.74) is 2.56. The Labute approximate surface area is 118 Å². The standard InChI is InChI=1S/C15H19N5/c1-2-16-14-7-8-15(18-17-14)20-13(11-5-6-11)9-12(19-20)10-3-4-10/h7-11H,2-6H2,1H3,(H,16,17). The molecule has 2 heterocycles. The van der Waals surface area contributed by atoms with E-state index in [9.17, 15) is 0 Å². The molecule has 5 nitrogen and oxygen atoms in total. The maximum absolute atomic E-state index is 4.77. The second-order valence-corrected chi connectivity index (χ2v) is 5.76. The quantitative estimate of drug-likeness (QED) is 0.906. The van der Waals surface area contributed by atoms with Crippen LogP contribution in [0.25, 0.3) is 5.82 Å². The summed E-state index contributed by atoms with van der Waals surface area (Å²) < 4.78 is 2.01. The van der Waals surface area contributed by atoms with E-state index >= 15 is 0 Å². The first-order valence-corrected chi connectivity index (χ1v) is 7.53. The van der Waals surface area contributed by atoms with E-state index in [0.717, 1.165) is 18.2 Å². The zero-order valence-electron chi connectivity index (χ0n) is 11.7. The van der Waals surface area contributed by atoms with Crippen LogP contribution in [0.1, 0.15) is 55.8 Å². The first kappa shape index (κ1) is 11.9. The second kappa shape index (κ2) is 4.58. The lowest BCUT2D eigenvalue weighted by Gasteiger charge is -2.06. The lowest BCUT2D eigenvalue weighted by atomic mass is 10.2. The van der Waals surface area contributed by atoms with Crippen molar-refractivity contribution in [2.45, 2.75) is 44.4 Å². The number of anilines is 1. The van der Waals surface area contributed by atoms with Gasteiger partial charge in [-0.1, -0.05) is 0 Å². The van der Waals surface area contributed by atoms with E-state index in [1.54, 1.807) is 0 Å². The molecule has 2 aliphatic rings. The molecule has 20 heavy (non-hydrogen) atoms. The maximum Gasteiger partial charge on any atom is 0.176 e. The minimum absolute atomic E-state index is 0.672. The van der Waals surface area contributed by atoms with Gasteiger partial charge in [-0.3, -0.25) is 0 Å². The SMILES string of the molecule is CCNc1ccc(-n2nc(C3CC3)cc2C2CC2)nn1. The molecule has 2 aliphatic carbocycles. The number of hydrogen-bond acceptors (Lipinski definition) is 4. The molecule has 1 N–H and O–H groups in total. The van der Waals surface area contributed by atoms with Gasteiger partial charge in [-0.05, 0) is 50.8 Å². The topological polar surface area (TPSA) is 55.6 Å². The van der Waals surface area contributed by atoms with E-state index in [1.807, 2.05) is 16.8 Å². The first-order chi connectivity index (χ1) is 9.85. The minimum Gasteiger partial charge on any atom is -0.369 e.